The van der Waals surface area contributed by atoms with Crippen molar-refractivity contribution in [3.63, 3.8) is 0 Å². The quantitative estimate of drug-likeness (QED) is 0.262. The standard InChI is InChI=1S/C19H36N4O7/c1-4-8-16(24)22-10-11-23-17(25)9-7-12-28-15(13-29-18(26)20-5-2)14-30-19(27)21-6-3/h15H,4-14H2,1-3H3,(H,20,26)(H,21,27)(H,22,24)(H,23,25). The molecule has 0 aliphatic rings. The molecule has 0 radical (unpaired) electrons. The van der Waals surface area contributed by atoms with Gasteiger partial charge in [-0.1, -0.05) is 6.92 Å². The molecule has 0 aromatic heterocycles. The first kappa shape index (κ1) is 27.4. The zero-order chi connectivity index (χ0) is 22.6. The average molecular weight is 433 g/mol. The van der Waals surface area contributed by atoms with Crippen molar-refractivity contribution >= 4 is 24.0 Å². The minimum absolute atomic E-state index is 0.0316. The van der Waals surface area contributed by atoms with Crippen LogP contribution in [-0.4, -0.2) is 76.1 Å². The van der Waals surface area contributed by atoms with Crippen LogP contribution >= 0.6 is 0 Å². The van der Waals surface area contributed by atoms with Crippen molar-refractivity contribution in [2.24, 2.45) is 0 Å². The van der Waals surface area contributed by atoms with Gasteiger partial charge in [-0.15, -0.1) is 0 Å². The number of ether oxygens (including phenoxy) is 3. The lowest BCUT2D eigenvalue weighted by atomic mass is 10.3. The fraction of sp³-hybridized carbons (Fsp3) is 0.789. The van der Waals surface area contributed by atoms with E-state index >= 15 is 0 Å². The van der Waals surface area contributed by atoms with Crippen molar-refractivity contribution in [1.82, 2.24) is 21.3 Å². The number of amides is 4. The number of rotatable bonds is 16. The Morgan fingerprint density at radius 2 is 1.23 bits per heavy atom. The van der Waals surface area contributed by atoms with Gasteiger partial charge < -0.3 is 35.5 Å². The maximum Gasteiger partial charge on any atom is 0.407 e. The smallest absolute Gasteiger partial charge is 0.407 e. The van der Waals surface area contributed by atoms with Crippen LogP contribution in [0.1, 0.15) is 46.5 Å². The van der Waals surface area contributed by atoms with Crippen LogP contribution in [0.5, 0.6) is 0 Å². The summed E-state index contributed by atoms with van der Waals surface area (Å²) in [6.07, 6.45) is 0.106. The second kappa shape index (κ2) is 18.5. The minimum Gasteiger partial charge on any atom is -0.447 e. The van der Waals surface area contributed by atoms with Gasteiger partial charge in [0, 0.05) is 45.6 Å². The summed E-state index contributed by atoms with van der Waals surface area (Å²) in [5.74, 6) is -0.187. The largest absolute Gasteiger partial charge is 0.447 e. The van der Waals surface area contributed by atoms with Crippen molar-refractivity contribution in [1.29, 1.82) is 0 Å². The van der Waals surface area contributed by atoms with Crippen molar-refractivity contribution in [2.45, 2.75) is 52.6 Å². The zero-order valence-electron chi connectivity index (χ0n) is 18.2. The highest BCUT2D eigenvalue weighted by Crippen LogP contribution is 2.00. The Balaban J connectivity index is 4.10. The summed E-state index contributed by atoms with van der Waals surface area (Å²) in [5, 5.41) is 10.4. The van der Waals surface area contributed by atoms with Crippen LogP contribution < -0.4 is 21.3 Å². The van der Waals surface area contributed by atoms with Crippen LogP contribution in [-0.2, 0) is 23.8 Å². The van der Waals surface area contributed by atoms with Crippen LogP contribution in [0.25, 0.3) is 0 Å². The van der Waals surface area contributed by atoms with E-state index in [1.54, 1.807) is 13.8 Å². The summed E-state index contributed by atoms with van der Waals surface area (Å²) in [6.45, 7) is 7.10. The number of hydrogen-bond acceptors (Lipinski definition) is 7. The van der Waals surface area contributed by atoms with Crippen molar-refractivity contribution in [3.8, 4) is 0 Å². The van der Waals surface area contributed by atoms with E-state index in [2.05, 4.69) is 21.3 Å². The molecule has 0 atom stereocenters. The molecule has 0 saturated carbocycles. The molecule has 0 saturated heterocycles. The molecule has 11 nitrogen and oxygen atoms in total. The molecule has 0 unspecified atom stereocenters. The van der Waals surface area contributed by atoms with Gasteiger partial charge in [0.1, 0.15) is 19.3 Å². The molecule has 0 aliphatic carbocycles. The molecule has 0 spiro atoms. The summed E-state index contributed by atoms with van der Waals surface area (Å²) in [7, 11) is 0. The lowest BCUT2D eigenvalue weighted by Crippen LogP contribution is -2.35. The van der Waals surface area contributed by atoms with Gasteiger partial charge in [-0.25, -0.2) is 9.59 Å². The first-order valence-electron chi connectivity index (χ1n) is 10.4. The Morgan fingerprint density at radius 3 is 1.70 bits per heavy atom. The lowest BCUT2D eigenvalue weighted by Gasteiger charge is -2.18. The molecule has 0 aliphatic heterocycles. The maximum atomic E-state index is 11.8. The molecule has 11 heteroatoms. The molecular formula is C19H36N4O7. The molecule has 30 heavy (non-hydrogen) atoms. The number of alkyl carbamates (subject to hydrolysis) is 2. The van der Waals surface area contributed by atoms with Crippen molar-refractivity contribution in [3.05, 3.63) is 0 Å². The Bertz CT molecular complexity index is 495. The van der Waals surface area contributed by atoms with Gasteiger partial charge in [0.2, 0.25) is 11.8 Å². The van der Waals surface area contributed by atoms with Crippen LogP contribution in [0.4, 0.5) is 9.59 Å². The van der Waals surface area contributed by atoms with Gasteiger partial charge in [0.25, 0.3) is 0 Å². The van der Waals surface area contributed by atoms with Crippen LogP contribution in [0.2, 0.25) is 0 Å². The highest BCUT2D eigenvalue weighted by molar-refractivity contribution is 5.77. The molecule has 0 aromatic rings. The van der Waals surface area contributed by atoms with E-state index in [0.29, 0.717) is 39.0 Å². The minimum atomic E-state index is -0.646. The fourth-order valence-electron chi connectivity index (χ4n) is 2.16. The third-order valence-corrected chi connectivity index (χ3v) is 3.59. The van der Waals surface area contributed by atoms with Gasteiger partial charge in [-0.05, 0) is 26.7 Å². The zero-order valence-corrected chi connectivity index (χ0v) is 18.2. The topological polar surface area (TPSA) is 144 Å². The Kier molecular flexibility index (Phi) is 16.9. The van der Waals surface area contributed by atoms with E-state index in [1.165, 1.54) is 0 Å². The SMILES string of the molecule is CCCC(=O)NCCNC(=O)CCCOC(COC(=O)NCC)COC(=O)NCC. The third-order valence-electron chi connectivity index (χ3n) is 3.59. The van der Waals surface area contributed by atoms with E-state index in [4.69, 9.17) is 14.2 Å². The first-order valence-corrected chi connectivity index (χ1v) is 10.4. The van der Waals surface area contributed by atoms with Gasteiger partial charge in [-0.2, -0.15) is 0 Å². The Labute approximate surface area is 177 Å². The van der Waals surface area contributed by atoms with Gasteiger partial charge in [-0.3, -0.25) is 9.59 Å². The van der Waals surface area contributed by atoms with E-state index in [1.807, 2.05) is 6.92 Å². The predicted molar refractivity (Wildman–Crippen MR) is 110 cm³/mol. The van der Waals surface area contributed by atoms with E-state index < -0.39 is 18.3 Å². The van der Waals surface area contributed by atoms with Gasteiger partial charge in [0.05, 0.1) is 0 Å². The van der Waals surface area contributed by atoms with Crippen molar-refractivity contribution in [2.75, 3.05) is 46.0 Å². The summed E-state index contributed by atoms with van der Waals surface area (Å²) in [6, 6.07) is 0. The third kappa shape index (κ3) is 16.4. The molecule has 0 aromatic carbocycles. The average Bonchev–Trinajstić information content (AvgIpc) is 2.70. The van der Waals surface area contributed by atoms with Crippen LogP contribution in [0.3, 0.4) is 0 Å². The second-order valence-electron chi connectivity index (χ2n) is 6.30. The number of carbonyl (C=O) groups is 4. The molecule has 4 N–H and O–H groups in total. The molecule has 0 bridgehead atoms. The van der Waals surface area contributed by atoms with Gasteiger partial charge in [0.15, 0.2) is 0 Å². The molecule has 0 rings (SSSR count). The van der Waals surface area contributed by atoms with E-state index in [-0.39, 0.29) is 38.1 Å². The fourth-order valence-corrected chi connectivity index (χ4v) is 2.16. The highest BCUT2D eigenvalue weighted by Gasteiger charge is 2.15. The number of hydrogen-bond donors (Lipinski definition) is 4. The second-order valence-corrected chi connectivity index (χ2v) is 6.30. The molecule has 4 amide bonds. The predicted octanol–water partition coefficient (Wildman–Crippen LogP) is 0.677. The number of carbonyl (C=O) groups excluding carboxylic acids is 4. The molecule has 0 fully saturated rings. The Hall–Kier alpha value is -2.56. The van der Waals surface area contributed by atoms with E-state index in [9.17, 15) is 19.2 Å². The molecular weight excluding hydrogens is 396 g/mol. The first-order chi connectivity index (χ1) is 14.4. The maximum absolute atomic E-state index is 11.8. The molecule has 0 heterocycles. The lowest BCUT2D eigenvalue weighted by molar-refractivity contribution is -0.123. The van der Waals surface area contributed by atoms with Crippen LogP contribution in [0, 0.1) is 0 Å². The normalized spacial score (nSPS) is 10.3. The summed E-state index contributed by atoms with van der Waals surface area (Å²) >= 11 is 0. The summed E-state index contributed by atoms with van der Waals surface area (Å²) in [5.41, 5.74) is 0. The summed E-state index contributed by atoms with van der Waals surface area (Å²) < 4.78 is 15.6. The highest BCUT2D eigenvalue weighted by atomic mass is 16.6. The van der Waals surface area contributed by atoms with Crippen LogP contribution in [0.15, 0.2) is 0 Å². The Morgan fingerprint density at radius 1 is 0.733 bits per heavy atom. The summed E-state index contributed by atoms with van der Waals surface area (Å²) in [4.78, 5) is 46.0. The van der Waals surface area contributed by atoms with Crippen molar-refractivity contribution < 1.29 is 33.4 Å². The molecule has 174 valence electrons. The van der Waals surface area contributed by atoms with Gasteiger partial charge >= 0.3 is 12.2 Å². The monoisotopic (exact) mass is 432 g/mol. The number of nitrogens with one attached hydrogen (secondary N) is 4. The van der Waals surface area contributed by atoms with E-state index in [0.717, 1.165) is 6.42 Å².